The normalized spacial score (nSPS) is 22.8. The van der Waals surface area contributed by atoms with Gasteiger partial charge in [-0.05, 0) is 51.9 Å². The van der Waals surface area contributed by atoms with Crippen molar-refractivity contribution in [3.8, 4) is 0 Å². The molecule has 0 saturated heterocycles. The fourth-order valence-electron chi connectivity index (χ4n) is 3.38. The number of nitrogens with zero attached hydrogens (tertiary/aromatic N) is 1. The Kier molecular flexibility index (Phi) is 5.98. The molecule has 1 amide bonds. The Hall–Kier alpha value is -1.39. The zero-order valence-corrected chi connectivity index (χ0v) is 14.0. The number of carbonyl (C=O) groups is 1. The zero-order chi connectivity index (χ0) is 16.1. The Morgan fingerprint density at radius 1 is 1.32 bits per heavy atom. The first-order valence-corrected chi connectivity index (χ1v) is 8.23. The van der Waals surface area contributed by atoms with Crippen LogP contribution in [-0.2, 0) is 4.79 Å². The molecule has 1 unspecified atom stereocenters. The zero-order valence-electron chi connectivity index (χ0n) is 14.0. The van der Waals surface area contributed by atoms with Crippen molar-refractivity contribution in [2.45, 2.75) is 32.2 Å². The van der Waals surface area contributed by atoms with Gasteiger partial charge in [-0.1, -0.05) is 36.2 Å². The van der Waals surface area contributed by atoms with Gasteiger partial charge in [0.15, 0.2) is 0 Å². The van der Waals surface area contributed by atoms with Crippen molar-refractivity contribution < 1.29 is 4.79 Å². The van der Waals surface area contributed by atoms with E-state index < -0.39 is 0 Å². The van der Waals surface area contributed by atoms with Crippen LogP contribution in [0.3, 0.4) is 0 Å². The maximum atomic E-state index is 12.4. The monoisotopic (exact) mass is 303 g/mol. The number of benzene rings is 1. The number of carbonyl (C=O) groups excluding carboxylic acids is 1. The summed E-state index contributed by atoms with van der Waals surface area (Å²) in [5.74, 6) is 0.634. The highest BCUT2D eigenvalue weighted by Crippen LogP contribution is 2.31. The van der Waals surface area contributed by atoms with Crippen molar-refractivity contribution >= 4 is 5.91 Å². The van der Waals surface area contributed by atoms with Crippen LogP contribution in [0.2, 0.25) is 0 Å². The molecule has 1 aliphatic carbocycles. The minimum atomic E-state index is 0.103. The van der Waals surface area contributed by atoms with Crippen molar-refractivity contribution in [1.29, 1.82) is 0 Å². The van der Waals surface area contributed by atoms with E-state index >= 15 is 0 Å². The summed E-state index contributed by atoms with van der Waals surface area (Å²) in [4.78, 5) is 14.6. The summed E-state index contributed by atoms with van der Waals surface area (Å²) in [6, 6.07) is 8.72. The number of likely N-dealkylation sites (N-methyl/N-ethyl adjacent to an activating group) is 1. The summed E-state index contributed by atoms with van der Waals surface area (Å²) >= 11 is 0. The van der Waals surface area contributed by atoms with Crippen LogP contribution in [0.15, 0.2) is 24.3 Å². The van der Waals surface area contributed by atoms with Crippen molar-refractivity contribution in [3.05, 3.63) is 35.4 Å². The van der Waals surface area contributed by atoms with E-state index in [1.807, 2.05) is 0 Å². The van der Waals surface area contributed by atoms with E-state index in [1.165, 1.54) is 11.1 Å². The van der Waals surface area contributed by atoms with Gasteiger partial charge >= 0.3 is 0 Å². The van der Waals surface area contributed by atoms with Gasteiger partial charge in [0.2, 0.25) is 5.91 Å². The summed E-state index contributed by atoms with van der Waals surface area (Å²) < 4.78 is 0. The number of hydrogen-bond donors (Lipinski definition) is 2. The van der Waals surface area contributed by atoms with E-state index in [-0.39, 0.29) is 17.9 Å². The van der Waals surface area contributed by atoms with Crippen LogP contribution in [-0.4, -0.2) is 38.0 Å². The topological polar surface area (TPSA) is 58.4 Å². The van der Waals surface area contributed by atoms with Gasteiger partial charge in [0.05, 0.1) is 6.04 Å². The first kappa shape index (κ1) is 17.0. The van der Waals surface area contributed by atoms with Gasteiger partial charge in [-0.25, -0.2) is 0 Å². The Labute approximate surface area is 134 Å². The molecule has 4 heteroatoms. The summed E-state index contributed by atoms with van der Waals surface area (Å²) in [5.41, 5.74) is 8.27. The standard InChI is InChI=1S/C18H29N3O/c1-13-7-9-14(10-8-13)17(21(2)3)12-20-18(22)16-6-4-5-15(16)11-19/h7-10,15-17H,4-6,11-12,19H2,1-3H3,(H,20,22)/t15-,16-,17?/m1/s1. The Morgan fingerprint density at radius 2 is 2.00 bits per heavy atom. The predicted octanol–water partition coefficient (Wildman–Crippen LogP) is 2.09. The highest BCUT2D eigenvalue weighted by Gasteiger charge is 2.32. The van der Waals surface area contributed by atoms with Gasteiger partial charge in [-0.15, -0.1) is 0 Å². The fourth-order valence-corrected chi connectivity index (χ4v) is 3.38. The molecule has 0 radical (unpaired) electrons. The molecule has 1 aromatic carbocycles. The maximum absolute atomic E-state index is 12.4. The molecule has 3 atom stereocenters. The molecular weight excluding hydrogens is 274 g/mol. The molecular formula is C18H29N3O. The van der Waals surface area contributed by atoms with Crippen LogP contribution in [0.25, 0.3) is 0 Å². The number of rotatable bonds is 6. The molecule has 0 aromatic heterocycles. The Bertz CT molecular complexity index is 484. The SMILES string of the molecule is Cc1ccc(C(CNC(=O)[C@@H]2CCC[C@@H]2CN)N(C)C)cc1. The van der Waals surface area contributed by atoms with Gasteiger partial charge in [0.1, 0.15) is 0 Å². The highest BCUT2D eigenvalue weighted by atomic mass is 16.1. The molecule has 0 spiro atoms. The molecule has 0 bridgehead atoms. The molecule has 22 heavy (non-hydrogen) atoms. The van der Waals surface area contributed by atoms with E-state index in [0.717, 1.165) is 19.3 Å². The van der Waals surface area contributed by atoms with Gasteiger partial charge in [-0.2, -0.15) is 0 Å². The Morgan fingerprint density at radius 3 is 2.59 bits per heavy atom. The second kappa shape index (κ2) is 7.75. The summed E-state index contributed by atoms with van der Waals surface area (Å²) in [6.45, 7) is 3.35. The van der Waals surface area contributed by atoms with Gasteiger partial charge in [0.25, 0.3) is 0 Å². The molecule has 1 aliphatic rings. The molecule has 4 nitrogen and oxygen atoms in total. The lowest BCUT2D eigenvalue weighted by Crippen LogP contribution is -2.39. The lowest BCUT2D eigenvalue weighted by Gasteiger charge is -2.26. The fraction of sp³-hybridized carbons (Fsp3) is 0.611. The number of amides is 1. The average Bonchev–Trinajstić information content (AvgIpc) is 2.97. The summed E-state index contributed by atoms with van der Waals surface area (Å²) in [6.07, 6.45) is 3.18. The van der Waals surface area contributed by atoms with Gasteiger partial charge in [-0.3, -0.25) is 4.79 Å². The third-order valence-corrected chi connectivity index (χ3v) is 4.85. The van der Waals surface area contributed by atoms with Crippen LogP contribution in [0.1, 0.15) is 36.4 Å². The van der Waals surface area contributed by atoms with E-state index in [0.29, 0.717) is 19.0 Å². The molecule has 0 heterocycles. The second-order valence-corrected chi connectivity index (χ2v) is 6.67. The smallest absolute Gasteiger partial charge is 0.223 e. The van der Waals surface area contributed by atoms with E-state index in [1.54, 1.807) is 0 Å². The minimum Gasteiger partial charge on any atom is -0.354 e. The molecule has 0 aliphatic heterocycles. The van der Waals surface area contributed by atoms with Crippen LogP contribution >= 0.6 is 0 Å². The van der Waals surface area contributed by atoms with Crippen LogP contribution in [0, 0.1) is 18.8 Å². The average molecular weight is 303 g/mol. The van der Waals surface area contributed by atoms with Crippen LogP contribution < -0.4 is 11.1 Å². The van der Waals surface area contributed by atoms with E-state index in [4.69, 9.17) is 5.73 Å². The molecule has 3 N–H and O–H groups in total. The molecule has 1 fully saturated rings. The maximum Gasteiger partial charge on any atom is 0.223 e. The summed E-state index contributed by atoms with van der Waals surface area (Å²) in [7, 11) is 4.10. The first-order chi connectivity index (χ1) is 10.5. The minimum absolute atomic E-state index is 0.103. The van der Waals surface area contributed by atoms with Crippen molar-refractivity contribution in [2.75, 3.05) is 27.2 Å². The Balaban J connectivity index is 1.97. The third-order valence-electron chi connectivity index (χ3n) is 4.85. The number of nitrogens with one attached hydrogen (secondary N) is 1. The quantitative estimate of drug-likeness (QED) is 0.846. The molecule has 2 rings (SSSR count). The van der Waals surface area contributed by atoms with Gasteiger partial charge < -0.3 is 16.0 Å². The first-order valence-electron chi connectivity index (χ1n) is 8.23. The molecule has 1 saturated carbocycles. The van der Waals surface area contributed by atoms with E-state index in [2.05, 4.69) is 55.5 Å². The predicted molar refractivity (Wildman–Crippen MR) is 90.5 cm³/mol. The molecule has 122 valence electrons. The van der Waals surface area contributed by atoms with Crippen molar-refractivity contribution in [3.63, 3.8) is 0 Å². The molecule has 1 aromatic rings. The number of hydrogen-bond acceptors (Lipinski definition) is 3. The largest absolute Gasteiger partial charge is 0.354 e. The van der Waals surface area contributed by atoms with Crippen molar-refractivity contribution in [2.24, 2.45) is 17.6 Å². The third kappa shape index (κ3) is 4.08. The summed E-state index contributed by atoms with van der Waals surface area (Å²) in [5, 5.41) is 3.15. The van der Waals surface area contributed by atoms with Crippen LogP contribution in [0.4, 0.5) is 0 Å². The van der Waals surface area contributed by atoms with Crippen molar-refractivity contribution in [1.82, 2.24) is 10.2 Å². The number of aryl methyl sites for hydroxylation is 1. The van der Waals surface area contributed by atoms with Crippen LogP contribution in [0.5, 0.6) is 0 Å². The lowest BCUT2D eigenvalue weighted by atomic mass is 9.95. The van der Waals surface area contributed by atoms with E-state index in [9.17, 15) is 4.79 Å². The lowest BCUT2D eigenvalue weighted by molar-refractivity contribution is -0.126. The highest BCUT2D eigenvalue weighted by molar-refractivity contribution is 5.79. The number of nitrogens with two attached hydrogens (primary N) is 1. The van der Waals surface area contributed by atoms with Gasteiger partial charge in [0, 0.05) is 12.5 Å². The second-order valence-electron chi connectivity index (χ2n) is 6.67.